The molecule has 1 aliphatic rings. The van der Waals surface area contributed by atoms with Crippen LogP contribution in [0.3, 0.4) is 0 Å². The second kappa shape index (κ2) is 10.9. The van der Waals surface area contributed by atoms with Gasteiger partial charge in [-0.1, -0.05) is 41.6 Å². The Balaban J connectivity index is 2.16. The van der Waals surface area contributed by atoms with E-state index in [4.69, 9.17) is 14.6 Å². The molecule has 1 heterocycles. The summed E-state index contributed by atoms with van der Waals surface area (Å²) in [5, 5.41) is 39.3. The van der Waals surface area contributed by atoms with E-state index in [9.17, 15) is 15.3 Å². The summed E-state index contributed by atoms with van der Waals surface area (Å²) in [5.41, 5.74) is 0. The van der Waals surface area contributed by atoms with Gasteiger partial charge in [-0.3, -0.25) is 0 Å². The monoisotopic (exact) mass is 370 g/mol. The highest BCUT2D eigenvalue weighted by Crippen LogP contribution is 2.22. The molecule has 21 heavy (non-hydrogen) atoms. The van der Waals surface area contributed by atoms with Gasteiger partial charge >= 0.3 is 0 Å². The third-order valence-electron chi connectivity index (χ3n) is 3.68. The molecule has 1 saturated heterocycles. The van der Waals surface area contributed by atoms with Crippen molar-refractivity contribution in [3.05, 3.63) is 0 Å². The molecule has 0 amide bonds. The van der Waals surface area contributed by atoms with Gasteiger partial charge in [0.1, 0.15) is 24.4 Å². The molecule has 1 unspecified atom stereocenters. The van der Waals surface area contributed by atoms with E-state index in [1.165, 1.54) is 19.3 Å². The van der Waals surface area contributed by atoms with Crippen molar-refractivity contribution in [2.24, 2.45) is 0 Å². The van der Waals surface area contributed by atoms with E-state index in [0.717, 1.165) is 24.6 Å². The molecule has 5 atom stereocenters. The van der Waals surface area contributed by atoms with Crippen LogP contribution >= 0.6 is 15.9 Å². The smallest absolute Gasteiger partial charge is 0.184 e. The number of hydrogen-bond acceptors (Lipinski definition) is 6. The summed E-state index contributed by atoms with van der Waals surface area (Å²) >= 11 is 3.40. The van der Waals surface area contributed by atoms with Crippen molar-refractivity contribution >= 4 is 15.9 Å². The average molecular weight is 371 g/mol. The molecule has 1 aliphatic heterocycles. The van der Waals surface area contributed by atoms with Crippen LogP contribution in [0.4, 0.5) is 0 Å². The van der Waals surface area contributed by atoms with Crippen molar-refractivity contribution in [2.45, 2.75) is 69.2 Å². The molecular formula is C14H27BrO6. The van der Waals surface area contributed by atoms with Gasteiger partial charge in [-0.05, 0) is 12.8 Å². The van der Waals surface area contributed by atoms with E-state index < -0.39 is 37.3 Å². The Morgan fingerprint density at radius 1 is 0.905 bits per heavy atom. The van der Waals surface area contributed by atoms with Crippen molar-refractivity contribution in [2.75, 3.05) is 18.5 Å². The Labute approximate surface area is 134 Å². The summed E-state index contributed by atoms with van der Waals surface area (Å²) in [6.07, 6.45) is 0.802. The van der Waals surface area contributed by atoms with Crippen LogP contribution in [0.5, 0.6) is 0 Å². The second-order valence-corrected chi connectivity index (χ2v) is 6.17. The molecule has 0 aromatic rings. The molecule has 0 spiro atoms. The van der Waals surface area contributed by atoms with Crippen LogP contribution in [0, 0.1) is 0 Å². The molecule has 4 N–H and O–H groups in total. The van der Waals surface area contributed by atoms with Crippen LogP contribution in [0.1, 0.15) is 38.5 Å². The first-order valence-electron chi connectivity index (χ1n) is 7.60. The summed E-state index contributed by atoms with van der Waals surface area (Å²) in [6.45, 7) is -0.0620. The highest BCUT2D eigenvalue weighted by Gasteiger charge is 2.44. The maximum Gasteiger partial charge on any atom is 0.184 e. The Morgan fingerprint density at radius 3 is 2.14 bits per heavy atom. The van der Waals surface area contributed by atoms with Crippen molar-refractivity contribution in [1.29, 1.82) is 0 Å². The molecular weight excluding hydrogens is 344 g/mol. The molecule has 6 nitrogen and oxygen atoms in total. The average Bonchev–Trinajstić information content (AvgIpc) is 2.48. The fourth-order valence-corrected chi connectivity index (χ4v) is 2.77. The Kier molecular flexibility index (Phi) is 9.99. The van der Waals surface area contributed by atoms with Crippen molar-refractivity contribution in [3.63, 3.8) is 0 Å². The zero-order chi connectivity index (χ0) is 15.7. The third-order valence-corrected chi connectivity index (χ3v) is 4.24. The van der Waals surface area contributed by atoms with E-state index in [-0.39, 0.29) is 0 Å². The first kappa shape index (κ1) is 19.3. The molecule has 1 fully saturated rings. The third kappa shape index (κ3) is 6.48. The minimum absolute atomic E-state index is 0.400. The van der Waals surface area contributed by atoms with Crippen LogP contribution in [0.15, 0.2) is 0 Å². The Bertz CT molecular complexity index is 268. The van der Waals surface area contributed by atoms with Crippen LogP contribution in [0.2, 0.25) is 0 Å². The van der Waals surface area contributed by atoms with E-state index in [2.05, 4.69) is 15.9 Å². The number of hydrogen-bond donors (Lipinski definition) is 4. The van der Waals surface area contributed by atoms with E-state index in [1.807, 2.05) is 0 Å². The Hall–Kier alpha value is 0.240. The summed E-state index contributed by atoms with van der Waals surface area (Å²) in [7, 11) is 0. The lowest BCUT2D eigenvalue weighted by atomic mass is 9.99. The minimum atomic E-state index is -1.33. The van der Waals surface area contributed by atoms with Crippen LogP contribution < -0.4 is 0 Å². The number of rotatable bonds is 10. The lowest BCUT2D eigenvalue weighted by Gasteiger charge is -2.39. The first-order chi connectivity index (χ1) is 10.1. The highest BCUT2D eigenvalue weighted by atomic mass is 79.9. The number of ether oxygens (including phenoxy) is 2. The van der Waals surface area contributed by atoms with Crippen molar-refractivity contribution in [1.82, 2.24) is 0 Å². The molecule has 0 aromatic carbocycles. The minimum Gasteiger partial charge on any atom is -0.394 e. The number of unbranched alkanes of at least 4 members (excludes halogenated alkanes) is 5. The van der Waals surface area contributed by atoms with Crippen LogP contribution in [-0.4, -0.2) is 69.7 Å². The van der Waals surface area contributed by atoms with E-state index in [1.54, 1.807) is 0 Å². The van der Waals surface area contributed by atoms with Gasteiger partial charge in [0.15, 0.2) is 6.29 Å². The van der Waals surface area contributed by atoms with Gasteiger partial charge in [-0.15, -0.1) is 0 Å². The molecule has 0 radical (unpaired) electrons. The standard InChI is InChI=1S/C14H27BrO6/c15-7-5-3-1-2-4-6-8-20-13-12(18)11(17)10(9-16)21-14(13)19/h10-14,16-19H,1-9H2/t10-,11-,12+,13-,14?/m1/s1. The predicted octanol–water partition coefficient (Wildman–Crippen LogP) is 0.538. The predicted molar refractivity (Wildman–Crippen MR) is 81.2 cm³/mol. The van der Waals surface area contributed by atoms with Gasteiger partial charge in [-0.2, -0.15) is 0 Å². The maximum atomic E-state index is 9.88. The maximum absolute atomic E-state index is 9.88. The van der Waals surface area contributed by atoms with Gasteiger partial charge in [-0.25, -0.2) is 0 Å². The summed E-state index contributed by atoms with van der Waals surface area (Å²) in [6, 6.07) is 0. The second-order valence-electron chi connectivity index (χ2n) is 5.37. The number of aliphatic hydroxyl groups is 4. The summed E-state index contributed by atoms with van der Waals surface area (Å²) in [4.78, 5) is 0. The summed E-state index contributed by atoms with van der Waals surface area (Å²) < 4.78 is 10.4. The molecule has 0 bridgehead atoms. The summed E-state index contributed by atoms with van der Waals surface area (Å²) in [5.74, 6) is 0. The van der Waals surface area contributed by atoms with Gasteiger partial charge in [0.25, 0.3) is 0 Å². The van der Waals surface area contributed by atoms with Crippen LogP contribution in [0.25, 0.3) is 0 Å². The van der Waals surface area contributed by atoms with Crippen LogP contribution in [-0.2, 0) is 9.47 Å². The van der Waals surface area contributed by atoms with Gasteiger partial charge in [0, 0.05) is 11.9 Å². The lowest BCUT2D eigenvalue weighted by Crippen LogP contribution is -2.59. The molecule has 1 rings (SSSR count). The zero-order valence-electron chi connectivity index (χ0n) is 12.2. The van der Waals surface area contributed by atoms with Gasteiger partial charge in [0.2, 0.25) is 0 Å². The SMILES string of the molecule is OC[C@H]1OC(O)[C@H](OCCCCCCCCBr)[C@@H](O)[C@@H]1O. The van der Waals surface area contributed by atoms with Crippen molar-refractivity contribution < 1.29 is 29.9 Å². The largest absolute Gasteiger partial charge is 0.394 e. The Morgan fingerprint density at radius 2 is 1.52 bits per heavy atom. The quantitative estimate of drug-likeness (QED) is 0.331. The van der Waals surface area contributed by atoms with Crippen molar-refractivity contribution in [3.8, 4) is 0 Å². The normalized spacial score (nSPS) is 33.3. The molecule has 0 aliphatic carbocycles. The van der Waals surface area contributed by atoms with Gasteiger partial charge < -0.3 is 29.9 Å². The van der Waals surface area contributed by atoms with E-state index >= 15 is 0 Å². The van der Waals surface area contributed by atoms with E-state index in [0.29, 0.717) is 6.61 Å². The number of alkyl halides is 1. The zero-order valence-corrected chi connectivity index (χ0v) is 13.8. The molecule has 126 valence electrons. The highest BCUT2D eigenvalue weighted by molar-refractivity contribution is 9.09. The number of aliphatic hydroxyl groups excluding tert-OH is 4. The topological polar surface area (TPSA) is 99.4 Å². The lowest BCUT2D eigenvalue weighted by molar-refractivity contribution is -0.296. The molecule has 0 saturated carbocycles. The molecule has 7 heteroatoms. The number of halogens is 1. The fourth-order valence-electron chi connectivity index (χ4n) is 2.37. The molecule has 0 aromatic heterocycles. The first-order valence-corrected chi connectivity index (χ1v) is 8.72. The van der Waals surface area contributed by atoms with Gasteiger partial charge in [0.05, 0.1) is 6.61 Å². The fraction of sp³-hybridized carbons (Fsp3) is 1.00.